The van der Waals surface area contributed by atoms with Crippen molar-refractivity contribution in [3.8, 4) is 0 Å². The molecule has 1 unspecified atom stereocenters. The van der Waals surface area contributed by atoms with Crippen LogP contribution in [0.15, 0.2) is 0 Å². The van der Waals surface area contributed by atoms with Crippen LogP contribution in [-0.4, -0.2) is 88.3 Å². The Balaban J connectivity index is 7.30. The van der Waals surface area contributed by atoms with Crippen LogP contribution in [0.25, 0.3) is 0 Å². The summed E-state index contributed by atoms with van der Waals surface area (Å²) in [6.07, 6.45) is -23.7. The highest BCUT2D eigenvalue weighted by Gasteiger charge is 2.99. The number of hydrogen-bond donors (Lipinski definition) is 2. The molecule has 0 rings (SSSR count). The second kappa shape index (κ2) is 9.42. The van der Waals surface area contributed by atoms with Crippen molar-refractivity contribution in [1.29, 1.82) is 0 Å². The van der Waals surface area contributed by atoms with Crippen LogP contribution in [0.2, 0.25) is 0 Å². The fourth-order valence-electron chi connectivity index (χ4n) is 2.44. The zero-order valence-electron chi connectivity index (χ0n) is 17.1. The summed E-state index contributed by atoms with van der Waals surface area (Å²) in [5, 5.41) is 16.7. The number of aliphatic hydroxyl groups excluding tert-OH is 2. The molecule has 2 nitrogen and oxygen atoms in total. The SMILES string of the molecule is OCC(O)CC(F)(F)C(F)(F)C(F)(F)C(F)(F)C(F)(F)C(F)(F)C(F)(F)C(F)(F)C(F)(C(F)(F)F)C(F)(F)F. The molecular formula is C14H7F23O2. The molecular weight excluding hydrogens is 637 g/mol. The van der Waals surface area contributed by atoms with E-state index in [1.165, 1.54) is 0 Å². The van der Waals surface area contributed by atoms with Crippen LogP contribution >= 0.6 is 0 Å². The number of alkyl halides is 23. The van der Waals surface area contributed by atoms with Gasteiger partial charge >= 0.3 is 65.4 Å². The van der Waals surface area contributed by atoms with Crippen LogP contribution in [0, 0.1) is 0 Å². The van der Waals surface area contributed by atoms with Gasteiger partial charge in [-0.05, 0) is 0 Å². The van der Waals surface area contributed by atoms with Gasteiger partial charge in [0.05, 0.1) is 12.7 Å². The molecule has 0 saturated heterocycles. The Morgan fingerprint density at radius 2 is 0.615 bits per heavy atom. The summed E-state index contributed by atoms with van der Waals surface area (Å²) in [5.41, 5.74) is -9.05. The maximum atomic E-state index is 13.6. The normalized spacial score (nSPS) is 17.5. The summed E-state index contributed by atoms with van der Waals surface area (Å²) in [6.45, 7) is -2.10. The molecule has 236 valence electrons. The standard InChI is InChI=1S/C14H7F23O2/c15-4(16,1-3(39)2-38)6(18,19)8(22,23)10(26,27)12(30,31)11(28,29)9(24,25)7(20,21)5(17,13(32,33)34)14(35,36)37/h3,38-39H,1-2H2. The highest BCUT2D eigenvalue weighted by Crippen LogP contribution is 2.67. The van der Waals surface area contributed by atoms with E-state index in [1.807, 2.05) is 0 Å². The Labute approximate surface area is 197 Å². The van der Waals surface area contributed by atoms with E-state index < -0.39 is 84.5 Å². The van der Waals surface area contributed by atoms with Crippen LogP contribution in [0.5, 0.6) is 0 Å². The molecule has 0 saturated carbocycles. The monoisotopic (exact) mass is 644 g/mol. The molecule has 39 heavy (non-hydrogen) atoms. The van der Waals surface area contributed by atoms with Crippen LogP contribution in [0.1, 0.15) is 6.42 Å². The Hall–Kier alpha value is -1.69. The van der Waals surface area contributed by atoms with Crippen molar-refractivity contribution in [1.82, 2.24) is 0 Å². The van der Waals surface area contributed by atoms with Crippen molar-refractivity contribution in [2.75, 3.05) is 6.61 Å². The second-order valence-electron chi connectivity index (χ2n) is 7.42. The molecule has 0 spiro atoms. The van der Waals surface area contributed by atoms with Gasteiger partial charge in [0.15, 0.2) is 0 Å². The molecule has 1 atom stereocenters. The number of rotatable bonds is 11. The number of aliphatic hydroxyl groups is 2. The molecule has 0 aliphatic carbocycles. The zero-order chi connectivity index (χ0) is 32.5. The maximum absolute atomic E-state index is 13.6. The first kappa shape index (κ1) is 37.3. The van der Waals surface area contributed by atoms with E-state index in [0.29, 0.717) is 0 Å². The van der Waals surface area contributed by atoms with Crippen molar-refractivity contribution in [2.24, 2.45) is 0 Å². The van der Waals surface area contributed by atoms with Crippen LogP contribution in [0.4, 0.5) is 101 Å². The maximum Gasteiger partial charge on any atom is 0.438 e. The molecule has 0 fully saturated rings. The minimum atomic E-state index is -9.51. The van der Waals surface area contributed by atoms with Crippen LogP contribution < -0.4 is 0 Å². The van der Waals surface area contributed by atoms with Gasteiger partial charge in [0.1, 0.15) is 0 Å². The summed E-state index contributed by atoms with van der Waals surface area (Å²) < 4.78 is 303. The summed E-state index contributed by atoms with van der Waals surface area (Å²) >= 11 is 0. The number of halogens is 23. The minimum Gasteiger partial charge on any atom is -0.394 e. The van der Waals surface area contributed by atoms with Crippen molar-refractivity contribution < 1.29 is 111 Å². The highest BCUT2D eigenvalue weighted by atomic mass is 19.4. The number of hydrogen-bond acceptors (Lipinski definition) is 2. The molecule has 0 amide bonds. The molecule has 0 radical (unpaired) electrons. The van der Waals surface area contributed by atoms with E-state index in [0.717, 1.165) is 0 Å². The summed E-state index contributed by atoms with van der Waals surface area (Å²) in [7, 11) is 0. The predicted molar refractivity (Wildman–Crippen MR) is 73.2 cm³/mol. The van der Waals surface area contributed by atoms with Gasteiger partial charge in [-0.25, -0.2) is 4.39 Å². The third-order valence-corrected chi connectivity index (χ3v) is 4.74. The van der Waals surface area contributed by atoms with Crippen molar-refractivity contribution >= 4 is 0 Å². The first-order valence-electron chi connectivity index (χ1n) is 8.59. The third kappa shape index (κ3) is 4.71. The van der Waals surface area contributed by atoms with Crippen molar-refractivity contribution in [3.05, 3.63) is 0 Å². The smallest absolute Gasteiger partial charge is 0.394 e. The third-order valence-electron chi connectivity index (χ3n) is 4.74. The van der Waals surface area contributed by atoms with Gasteiger partial charge in [-0.15, -0.1) is 0 Å². The lowest BCUT2D eigenvalue weighted by Crippen LogP contribution is -2.79. The van der Waals surface area contributed by atoms with Crippen LogP contribution in [0.3, 0.4) is 0 Å². The van der Waals surface area contributed by atoms with Gasteiger partial charge in [-0.3, -0.25) is 0 Å². The van der Waals surface area contributed by atoms with E-state index in [-0.39, 0.29) is 0 Å². The largest absolute Gasteiger partial charge is 0.438 e. The van der Waals surface area contributed by atoms with Gasteiger partial charge in [-0.2, -0.15) is 96.6 Å². The average Bonchev–Trinajstić information content (AvgIpc) is 2.69. The van der Waals surface area contributed by atoms with Gasteiger partial charge in [0, 0.05) is 6.42 Å². The minimum absolute atomic E-state index is 2.10. The fourth-order valence-corrected chi connectivity index (χ4v) is 2.44. The Morgan fingerprint density at radius 3 is 0.846 bits per heavy atom. The lowest BCUT2D eigenvalue weighted by molar-refractivity contribution is -0.481. The fraction of sp³-hybridized carbons (Fsp3) is 1.00. The molecule has 0 aromatic carbocycles. The lowest BCUT2D eigenvalue weighted by atomic mass is 9.82. The van der Waals surface area contributed by atoms with Gasteiger partial charge < -0.3 is 10.2 Å². The zero-order valence-corrected chi connectivity index (χ0v) is 17.1. The molecule has 0 heterocycles. The van der Waals surface area contributed by atoms with Gasteiger partial charge in [-0.1, -0.05) is 0 Å². The van der Waals surface area contributed by atoms with E-state index in [9.17, 15) is 101 Å². The van der Waals surface area contributed by atoms with E-state index in [1.54, 1.807) is 0 Å². The van der Waals surface area contributed by atoms with Crippen molar-refractivity contribution in [2.45, 2.75) is 77.9 Å². The summed E-state index contributed by atoms with van der Waals surface area (Å²) in [6, 6.07) is 0. The van der Waals surface area contributed by atoms with E-state index in [4.69, 9.17) is 10.2 Å². The quantitative estimate of drug-likeness (QED) is 0.248. The topological polar surface area (TPSA) is 40.5 Å². The Kier molecular flexibility index (Phi) is 9.02. The second-order valence-corrected chi connectivity index (χ2v) is 7.42. The first-order valence-corrected chi connectivity index (χ1v) is 8.59. The molecule has 0 aliphatic rings. The molecule has 0 aromatic rings. The summed E-state index contributed by atoms with van der Waals surface area (Å²) in [4.78, 5) is 0. The van der Waals surface area contributed by atoms with Gasteiger partial charge in [0.25, 0.3) is 0 Å². The van der Waals surface area contributed by atoms with Crippen molar-refractivity contribution in [3.63, 3.8) is 0 Å². The van der Waals surface area contributed by atoms with E-state index in [2.05, 4.69) is 0 Å². The van der Waals surface area contributed by atoms with E-state index >= 15 is 0 Å². The first-order chi connectivity index (χ1) is 16.5. The molecule has 0 aliphatic heterocycles. The molecule has 0 bridgehead atoms. The Morgan fingerprint density at radius 1 is 0.385 bits per heavy atom. The lowest BCUT2D eigenvalue weighted by Gasteiger charge is -2.46. The molecule has 2 N–H and O–H groups in total. The van der Waals surface area contributed by atoms with Crippen LogP contribution in [-0.2, 0) is 0 Å². The van der Waals surface area contributed by atoms with Gasteiger partial charge in [0.2, 0.25) is 0 Å². The molecule has 0 aromatic heterocycles. The predicted octanol–water partition coefficient (Wildman–Crippen LogP) is 6.65. The molecule has 25 heteroatoms. The Bertz CT molecular complexity index is 853. The highest BCUT2D eigenvalue weighted by molar-refractivity contribution is 5.20. The summed E-state index contributed by atoms with van der Waals surface area (Å²) in [5.74, 6) is -71.2. The average molecular weight is 644 g/mol.